The molecule has 1 aromatic carbocycles. The van der Waals surface area contributed by atoms with E-state index in [0.29, 0.717) is 0 Å². The second-order valence-corrected chi connectivity index (χ2v) is 3.96. The third-order valence-corrected chi connectivity index (χ3v) is 2.55. The summed E-state index contributed by atoms with van der Waals surface area (Å²) in [4.78, 5) is 0. The molecule has 3 heteroatoms. The van der Waals surface area contributed by atoms with E-state index in [0.717, 1.165) is 10.6 Å². The fraction of sp³-hybridized carbons (Fsp3) is 0.222. The Labute approximate surface area is 81.3 Å². The highest BCUT2D eigenvalue weighted by molar-refractivity contribution is 8.03. The van der Waals surface area contributed by atoms with Gasteiger partial charge in [0.25, 0.3) is 0 Å². The quantitative estimate of drug-likeness (QED) is 0.677. The Balaban J connectivity index is 2.76. The lowest BCUT2D eigenvalue weighted by Crippen LogP contribution is -1.85. The van der Waals surface area contributed by atoms with Crippen LogP contribution in [0.5, 0.6) is 0 Å². The predicted octanol–water partition coefficient (Wildman–Crippen LogP) is 3.62. The molecule has 0 fully saturated rings. The molecular formula is C9H8ClNS. The summed E-state index contributed by atoms with van der Waals surface area (Å²) in [6.07, 6.45) is 0. The Bertz CT molecular complexity index is 288. The van der Waals surface area contributed by atoms with Crippen LogP contribution in [0.2, 0.25) is 5.02 Å². The summed E-state index contributed by atoms with van der Waals surface area (Å²) in [6.45, 7) is 2.00. The summed E-state index contributed by atoms with van der Waals surface area (Å²) in [5.74, 6) is 0. The van der Waals surface area contributed by atoms with Crippen molar-refractivity contribution < 1.29 is 0 Å². The van der Waals surface area contributed by atoms with Gasteiger partial charge in [0.15, 0.2) is 0 Å². The van der Waals surface area contributed by atoms with Gasteiger partial charge in [0.05, 0.1) is 0 Å². The predicted molar refractivity (Wildman–Crippen MR) is 53.1 cm³/mol. The van der Waals surface area contributed by atoms with Gasteiger partial charge in [-0.3, -0.25) is 0 Å². The van der Waals surface area contributed by atoms with E-state index in [1.807, 2.05) is 31.2 Å². The molecule has 1 atom stereocenters. The van der Waals surface area contributed by atoms with Gasteiger partial charge in [0, 0.05) is 10.3 Å². The summed E-state index contributed by atoms with van der Waals surface area (Å²) < 4.78 is 0. The number of nitrogens with zero attached hydrogens (tertiary/aromatic N) is 1. The molecule has 1 nitrogen and oxygen atoms in total. The first kappa shape index (κ1) is 9.44. The van der Waals surface area contributed by atoms with Gasteiger partial charge in [0.1, 0.15) is 5.40 Å². The topological polar surface area (TPSA) is 23.8 Å². The Hall–Kier alpha value is -0.650. The Morgan fingerprint density at radius 1 is 1.42 bits per heavy atom. The minimum absolute atomic E-state index is 0.215. The van der Waals surface area contributed by atoms with Gasteiger partial charge in [-0.15, -0.1) is 0 Å². The van der Waals surface area contributed by atoms with Crippen LogP contribution in [0.25, 0.3) is 0 Å². The molecule has 0 N–H and O–H groups in total. The second-order valence-electron chi connectivity index (χ2n) is 2.40. The van der Waals surface area contributed by atoms with Crippen molar-refractivity contribution in [3.8, 4) is 5.40 Å². The molecule has 0 bridgehead atoms. The zero-order chi connectivity index (χ0) is 8.97. The highest BCUT2D eigenvalue weighted by atomic mass is 35.5. The van der Waals surface area contributed by atoms with Crippen LogP contribution in [-0.4, -0.2) is 0 Å². The molecule has 0 aliphatic carbocycles. The van der Waals surface area contributed by atoms with E-state index in [-0.39, 0.29) is 5.25 Å². The van der Waals surface area contributed by atoms with Crippen LogP contribution in [-0.2, 0) is 0 Å². The van der Waals surface area contributed by atoms with Crippen molar-refractivity contribution in [2.75, 3.05) is 0 Å². The fourth-order valence-corrected chi connectivity index (χ4v) is 1.46. The maximum atomic E-state index is 8.44. The molecule has 0 amide bonds. The highest BCUT2D eigenvalue weighted by Crippen LogP contribution is 2.27. The third-order valence-electron chi connectivity index (χ3n) is 1.57. The van der Waals surface area contributed by atoms with E-state index in [1.54, 1.807) is 0 Å². The van der Waals surface area contributed by atoms with E-state index in [4.69, 9.17) is 16.9 Å². The van der Waals surface area contributed by atoms with Crippen molar-refractivity contribution >= 4 is 23.4 Å². The van der Waals surface area contributed by atoms with Gasteiger partial charge >= 0.3 is 0 Å². The highest BCUT2D eigenvalue weighted by Gasteiger charge is 2.04. The summed E-state index contributed by atoms with van der Waals surface area (Å²) in [5.41, 5.74) is 1.13. The third kappa shape index (κ3) is 2.44. The molecule has 1 unspecified atom stereocenters. The lowest BCUT2D eigenvalue weighted by molar-refractivity contribution is 1.11. The van der Waals surface area contributed by atoms with E-state index in [9.17, 15) is 0 Å². The van der Waals surface area contributed by atoms with Crippen molar-refractivity contribution in [1.29, 1.82) is 5.26 Å². The SMILES string of the molecule is CC(SC#N)c1ccc(Cl)cc1. The number of hydrogen-bond donors (Lipinski definition) is 0. The lowest BCUT2D eigenvalue weighted by Gasteiger charge is -2.05. The maximum absolute atomic E-state index is 8.44. The molecule has 0 spiro atoms. The monoisotopic (exact) mass is 197 g/mol. The van der Waals surface area contributed by atoms with E-state index in [1.165, 1.54) is 11.8 Å². The molecule has 0 heterocycles. The molecule has 0 radical (unpaired) electrons. The summed E-state index contributed by atoms with van der Waals surface area (Å²) in [6, 6.07) is 7.56. The average molecular weight is 198 g/mol. The normalized spacial score (nSPS) is 12.1. The summed E-state index contributed by atoms with van der Waals surface area (Å²) in [7, 11) is 0. The van der Waals surface area contributed by atoms with Crippen molar-refractivity contribution in [2.45, 2.75) is 12.2 Å². The van der Waals surface area contributed by atoms with Crippen LogP contribution >= 0.6 is 23.4 Å². The molecule has 0 saturated heterocycles. The van der Waals surface area contributed by atoms with Crippen molar-refractivity contribution in [2.24, 2.45) is 0 Å². The smallest absolute Gasteiger partial charge is 0.133 e. The standard InChI is InChI=1S/C9H8ClNS/c1-7(12-6-11)8-2-4-9(10)5-3-8/h2-5,7H,1H3. The molecule has 12 heavy (non-hydrogen) atoms. The van der Waals surface area contributed by atoms with Crippen LogP contribution in [0.15, 0.2) is 24.3 Å². The number of thioether (sulfide) groups is 1. The zero-order valence-corrected chi connectivity index (χ0v) is 8.19. The zero-order valence-electron chi connectivity index (χ0n) is 6.62. The van der Waals surface area contributed by atoms with E-state index in [2.05, 4.69) is 5.40 Å². The lowest BCUT2D eigenvalue weighted by atomic mass is 10.2. The molecule has 62 valence electrons. The number of nitriles is 1. The molecule has 0 saturated carbocycles. The number of benzene rings is 1. The second kappa shape index (κ2) is 4.39. The number of halogens is 1. The first-order valence-electron chi connectivity index (χ1n) is 3.54. The molecule has 1 aromatic rings. The van der Waals surface area contributed by atoms with Crippen LogP contribution in [0.4, 0.5) is 0 Å². The van der Waals surface area contributed by atoms with Crippen molar-refractivity contribution in [3.05, 3.63) is 34.9 Å². The first-order chi connectivity index (χ1) is 5.74. The number of hydrogen-bond acceptors (Lipinski definition) is 2. The summed E-state index contributed by atoms with van der Waals surface area (Å²) in [5, 5.41) is 11.4. The van der Waals surface area contributed by atoms with Gasteiger partial charge in [0.2, 0.25) is 0 Å². The van der Waals surface area contributed by atoms with Crippen molar-refractivity contribution in [3.63, 3.8) is 0 Å². The largest absolute Gasteiger partial charge is 0.185 e. The molecule has 0 aliphatic heterocycles. The van der Waals surface area contributed by atoms with Crippen LogP contribution in [0.3, 0.4) is 0 Å². The van der Waals surface area contributed by atoms with E-state index < -0.39 is 0 Å². The summed E-state index contributed by atoms with van der Waals surface area (Å²) >= 11 is 6.97. The fourth-order valence-electron chi connectivity index (χ4n) is 0.881. The van der Waals surface area contributed by atoms with Crippen molar-refractivity contribution in [1.82, 2.24) is 0 Å². The Kier molecular flexibility index (Phi) is 3.46. The van der Waals surface area contributed by atoms with Crippen LogP contribution in [0.1, 0.15) is 17.7 Å². The number of rotatable bonds is 2. The first-order valence-corrected chi connectivity index (χ1v) is 4.80. The van der Waals surface area contributed by atoms with Gasteiger partial charge in [-0.25, -0.2) is 0 Å². The number of thiocyanates is 1. The van der Waals surface area contributed by atoms with Gasteiger partial charge in [-0.2, -0.15) is 5.26 Å². The van der Waals surface area contributed by atoms with Gasteiger partial charge in [-0.1, -0.05) is 23.7 Å². The molecule has 0 aromatic heterocycles. The molecule has 1 rings (SSSR count). The molecular weight excluding hydrogens is 190 g/mol. The Morgan fingerprint density at radius 3 is 2.50 bits per heavy atom. The maximum Gasteiger partial charge on any atom is 0.133 e. The molecule has 0 aliphatic rings. The Morgan fingerprint density at radius 2 is 2.00 bits per heavy atom. The van der Waals surface area contributed by atoms with E-state index >= 15 is 0 Å². The average Bonchev–Trinajstić information content (AvgIpc) is 2.06. The van der Waals surface area contributed by atoms with Crippen LogP contribution < -0.4 is 0 Å². The minimum atomic E-state index is 0.215. The minimum Gasteiger partial charge on any atom is -0.185 e. The van der Waals surface area contributed by atoms with Gasteiger partial charge < -0.3 is 0 Å². The van der Waals surface area contributed by atoms with Gasteiger partial charge in [-0.05, 0) is 36.4 Å². The van der Waals surface area contributed by atoms with Crippen LogP contribution in [0, 0.1) is 10.7 Å².